The topological polar surface area (TPSA) is 0 Å². The van der Waals surface area contributed by atoms with Crippen LogP contribution in [0.1, 0.15) is 12.8 Å². The lowest BCUT2D eigenvalue weighted by atomic mass is 9.94. The lowest BCUT2D eigenvalue weighted by molar-refractivity contribution is 0.551. The Morgan fingerprint density at radius 1 is 1.33 bits per heavy atom. The molecule has 0 spiro atoms. The highest BCUT2D eigenvalue weighted by molar-refractivity contribution is 5.13. The van der Waals surface area contributed by atoms with Gasteiger partial charge in [-0.05, 0) is 30.6 Å². The summed E-state index contributed by atoms with van der Waals surface area (Å²) in [6.07, 6.45) is 9.61. The molecule has 0 amide bonds. The summed E-state index contributed by atoms with van der Waals surface area (Å²) in [6.45, 7) is 3.83. The van der Waals surface area contributed by atoms with E-state index in [1.54, 1.807) is 0 Å². The van der Waals surface area contributed by atoms with E-state index in [-0.39, 0.29) is 0 Å². The van der Waals surface area contributed by atoms with E-state index in [9.17, 15) is 0 Å². The van der Waals surface area contributed by atoms with E-state index in [0.717, 1.165) is 17.8 Å². The van der Waals surface area contributed by atoms with Gasteiger partial charge in [-0.25, -0.2) is 0 Å². The lowest BCUT2D eigenvalue weighted by Gasteiger charge is -2.11. The Hall–Kier alpha value is -0.520. The van der Waals surface area contributed by atoms with Crippen molar-refractivity contribution in [2.24, 2.45) is 17.8 Å². The Bertz CT molecular complexity index is 155. The molecule has 0 unspecified atom stereocenters. The van der Waals surface area contributed by atoms with Crippen molar-refractivity contribution in [3.63, 3.8) is 0 Å². The fourth-order valence-electron chi connectivity index (χ4n) is 2.09. The van der Waals surface area contributed by atoms with Crippen molar-refractivity contribution in [3.8, 4) is 0 Å². The molecule has 9 heavy (non-hydrogen) atoms. The zero-order chi connectivity index (χ0) is 6.27. The van der Waals surface area contributed by atoms with Crippen molar-refractivity contribution in [1.82, 2.24) is 0 Å². The highest BCUT2D eigenvalue weighted by Gasteiger charge is 2.33. The molecule has 0 nitrogen and oxygen atoms in total. The van der Waals surface area contributed by atoms with Gasteiger partial charge in [0.2, 0.25) is 0 Å². The van der Waals surface area contributed by atoms with Gasteiger partial charge in [-0.2, -0.15) is 0 Å². The molecular formula is C9H12. The molecule has 3 atom stereocenters. The molecule has 1 fully saturated rings. The van der Waals surface area contributed by atoms with E-state index >= 15 is 0 Å². The zero-order valence-electron chi connectivity index (χ0n) is 5.59. The minimum Gasteiger partial charge on any atom is -0.103 e. The number of fused-ring (bicyclic) bond motifs is 2. The highest BCUT2D eigenvalue weighted by Crippen LogP contribution is 2.43. The van der Waals surface area contributed by atoms with Crippen LogP contribution in [0.2, 0.25) is 0 Å². The van der Waals surface area contributed by atoms with Gasteiger partial charge in [0.1, 0.15) is 0 Å². The lowest BCUT2D eigenvalue weighted by Crippen LogP contribution is -2.01. The van der Waals surface area contributed by atoms with E-state index in [0.29, 0.717) is 0 Å². The summed E-state index contributed by atoms with van der Waals surface area (Å²) in [4.78, 5) is 0. The van der Waals surface area contributed by atoms with Gasteiger partial charge in [0.15, 0.2) is 0 Å². The Morgan fingerprint density at radius 3 is 2.56 bits per heavy atom. The third kappa shape index (κ3) is 0.658. The van der Waals surface area contributed by atoms with Crippen molar-refractivity contribution in [3.05, 3.63) is 24.8 Å². The van der Waals surface area contributed by atoms with Gasteiger partial charge >= 0.3 is 0 Å². The summed E-state index contributed by atoms with van der Waals surface area (Å²) in [7, 11) is 0. The quantitative estimate of drug-likeness (QED) is 0.466. The number of rotatable bonds is 1. The van der Waals surface area contributed by atoms with E-state index in [2.05, 4.69) is 24.8 Å². The van der Waals surface area contributed by atoms with Crippen LogP contribution >= 0.6 is 0 Å². The number of hydrogen-bond acceptors (Lipinski definition) is 0. The first-order valence-corrected chi connectivity index (χ1v) is 3.71. The minimum atomic E-state index is 0.806. The summed E-state index contributed by atoms with van der Waals surface area (Å²) >= 11 is 0. The molecule has 48 valence electrons. The largest absolute Gasteiger partial charge is 0.103 e. The van der Waals surface area contributed by atoms with Crippen molar-refractivity contribution in [2.45, 2.75) is 12.8 Å². The summed E-state index contributed by atoms with van der Waals surface area (Å²) < 4.78 is 0. The van der Waals surface area contributed by atoms with Gasteiger partial charge in [0.25, 0.3) is 0 Å². The van der Waals surface area contributed by atoms with Gasteiger partial charge in [0, 0.05) is 0 Å². The fourth-order valence-corrected chi connectivity index (χ4v) is 2.09. The maximum Gasteiger partial charge on any atom is -0.0165 e. The zero-order valence-corrected chi connectivity index (χ0v) is 5.59. The van der Waals surface area contributed by atoms with Crippen LogP contribution in [-0.2, 0) is 0 Å². The first kappa shape index (κ1) is 5.28. The molecule has 2 aliphatic carbocycles. The molecule has 0 heteroatoms. The van der Waals surface area contributed by atoms with Crippen LogP contribution in [-0.4, -0.2) is 0 Å². The Kier molecular flexibility index (Phi) is 1.01. The molecule has 2 bridgehead atoms. The average molecular weight is 120 g/mol. The molecule has 2 aliphatic rings. The predicted molar refractivity (Wildman–Crippen MR) is 39.0 cm³/mol. The Labute approximate surface area is 56.3 Å². The molecule has 0 aromatic heterocycles. The molecule has 0 saturated heterocycles. The van der Waals surface area contributed by atoms with E-state index in [4.69, 9.17) is 0 Å². The monoisotopic (exact) mass is 120 g/mol. The third-order valence-corrected chi connectivity index (χ3v) is 2.63. The Balaban J connectivity index is 2.19. The van der Waals surface area contributed by atoms with Gasteiger partial charge < -0.3 is 0 Å². The first-order chi connectivity index (χ1) is 4.40. The number of hydrogen-bond donors (Lipinski definition) is 0. The smallest absolute Gasteiger partial charge is 0.0165 e. The second-order valence-electron chi connectivity index (χ2n) is 3.18. The van der Waals surface area contributed by atoms with Crippen molar-refractivity contribution in [2.75, 3.05) is 0 Å². The van der Waals surface area contributed by atoms with Crippen molar-refractivity contribution >= 4 is 0 Å². The summed E-state index contributed by atoms with van der Waals surface area (Å²) in [6, 6.07) is 0. The SMILES string of the molecule is C=C[C@@H]1C[C@H]2C=C[C@H]1C2. The van der Waals surface area contributed by atoms with Gasteiger partial charge in [-0.3, -0.25) is 0 Å². The van der Waals surface area contributed by atoms with E-state index in [1.165, 1.54) is 12.8 Å². The van der Waals surface area contributed by atoms with E-state index < -0.39 is 0 Å². The molecular weight excluding hydrogens is 108 g/mol. The predicted octanol–water partition coefficient (Wildman–Crippen LogP) is 2.38. The highest BCUT2D eigenvalue weighted by atomic mass is 14.4. The summed E-state index contributed by atoms with van der Waals surface area (Å²) in [5, 5.41) is 0. The molecule has 2 rings (SSSR count). The van der Waals surface area contributed by atoms with Crippen LogP contribution < -0.4 is 0 Å². The van der Waals surface area contributed by atoms with Crippen LogP contribution in [0, 0.1) is 17.8 Å². The van der Waals surface area contributed by atoms with Gasteiger partial charge in [-0.15, -0.1) is 6.58 Å². The molecule has 0 radical (unpaired) electrons. The van der Waals surface area contributed by atoms with E-state index in [1.807, 2.05) is 0 Å². The molecule has 1 saturated carbocycles. The van der Waals surface area contributed by atoms with Crippen molar-refractivity contribution < 1.29 is 0 Å². The van der Waals surface area contributed by atoms with Crippen LogP contribution in [0.15, 0.2) is 24.8 Å². The van der Waals surface area contributed by atoms with Crippen LogP contribution in [0.5, 0.6) is 0 Å². The first-order valence-electron chi connectivity index (χ1n) is 3.71. The Morgan fingerprint density at radius 2 is 2.22 bits per heavy atom. The van der Waals surface area contributed by atoms with Crippen LogP contribution in [0.3, 0.4) is 0 Å². The molecule has 0 heterocycles. The summed E-state index contributed by atoms with van der Waals surface area (Å²) in [5.41, 5.74) is 0. The average Bonchev–Trinajstić information content (AvgIpc) is 2.45. The van der Waals surface area contributed by atoms with Gasteiger partial charge in [0.05, 0.1) is 0 Å². The van der Waals surface area contributed by atoms with Crippen molar-refractivity contribution in [1.29, 1.82) is 0 Å². The maximum atomic E-state index is 3.83. The maximum absolute atomic E-state index is 3.83. The molecule has 0 aromatic carbocycles. The van der Waals surface area contributed by atoms with Crippen LogP contribution in [0.4, 0.5) is 0 Å². The normalized spacial score (nSPS) is 46.0. The molecule has 0 aliphatic heterocycles. The molecule has 0 aromatic rings. The summed E-state index contributed by atoms with van der Waals surface area (Å²) in [5.74, 6) is 2.56. The number of allylic oxidation sites excluding steroid dienone is 3. The third-order valence-electron chi connectivity index (χ3n) is 2.63. The second kappa shape index (κ2) is 1.73. The second-order valence-corrected chi connectivity index (χ2v) is 3.18. The van der Waals surface area contributed by atoms with Crippen LogP contribution in [0.25, 0.3) is 0 Å². The standard InChI is InChI=1S/C9H12/c1-2-8-5-7-3-4-9(8)6-7/h2-4,7-9H,1,5-6H2/t7-,8-,9+/m1/s1. The molecule has 0 N–H and O–H groups in total. The fraction of sp³-hybridized carbons (Fsp3) is 0.556. The van der Waals surface area contributed by atoms with Gasteiger partial charge in [-0.1, -0.05) is 18.2 Å². The minimum absolute atomic E-state index is 0.806.